The number of imidazole rings is 1. The molecule has 2 atom stereocenters. The number of carbonyl (C=O) groups excluding carboxylic acids is 1. The Morgan fingerprint density at radius 2 is 2.11 bits per heavy atom. The van der Waals surface area contributed by atoms with Gasteiger partial charge in [-0.25, -0.2) is 13.8 Å². The van der Waals surface area contributed by atoms with Gasteiger partial charge < -0.3 is 15.0 Å². The van der Waals surface area contributed by atoms with E-state index < -0.39 is 29.9 Å². The average Bonchev–Trinajstić information content (AvgIpc) is 3.65. The third-order valence-corrected chi connectivity index (χ3v) is 7.61. The van der Waals surface area contributed by atoms with E-state index in [1.165, 1.54) is 35.4 Å². The molecule has 0 saturated carbocycles. The van der Waals surface area contributed by atoms with Gasteiger partial charge in [0, 0.05) is 29.4 Å². The molecule has 6 rings (SSSR count). The van der Waals surface area contributed by atoms with Crippen molar-refractivity contribution in [3.05, 3.63) is 75.1 Å². The highest BCUT2D eigenvalue weighted by atomic mass is 79.9. The van der Waals surface area contributed by atoms with E-state index in [1.54, 1.807) is 11.0 Å². The maximum Gasteiger partial charge on any atom is 0.247 e. The smallest absolute Gasteiger partial charge is 0.247 e. The van der Waals surface area contributed by atoms with Crippen molar-refractivity contribution in [2.24, 2.45) is 0 Å². The molecule has 10 nitrogen and oxygen atoms in total. The molecule has 2 aliphatic rings. The Labute approximate surface area is 230 Å². The van der Waals surface area contributed by atoms with Gasteiger partial charge in [0.1, 0.15) is 28.1 Å². The van der Waals surface area contributed by atoms with Gasteiger partial charge in [-0.3, -0.25) is 9.78 Å². The molecular formula is C24H18BrClF2N8O2. The maximum absolute atomic E-state index is 15.3. The molecule has 0 unspecified atom stereocenters. The predicted molar refractivity (Wildman–Crippen MR) is 135 cm³/mol. The Hall–Kier alpha value is -3.55. The molecule has 0 bridgehead atoms. The molecule has 2 N–H and O–H groups in total. The van der Waals surface area contributed by atoms with E-state index in [-0.39, 0.29) is 33.8 Å². The lowest BCUT2D eigenvalue weighted by Crippen LogP contribution is -2.39. The van der Waals surface area contributed by atoms with E-state index >= 15 is 8.78 Å². The highest BCUT2D eigenvalue weighted by Crippen LogP contribution is 2.44. The fourth-order valence-electron chi connectivity index (χ4n) is 5.11. The second-order valence-electron chi connectivity index (χ2n) is 8.79. The van der Waals surface area contributed by atoms with Gasteiger partial charge in [0.05, 0.1) is 26.1 Å². The topological polar surface area (TPSA) is 126 Å². The molecule has 1 fully saturated rings. The molecule has 14 heteroatoms. The Balaban J connectivity index is 1.35. The molecule has 2 aliphatic heterocycles. The summed E-state index contributed by atoms with van der Waals surface area (Å²) in [6, 6.07) is 3.55. The third kappa shape index (κ3) is 4.01. The number of halogens is 4. The fourth-order valence-corrected chi connectivity index (χ4v) is 5.78. The molecule has 4 aromatic rings. The summed E-state index contributed by atoms with van der Waals surface area (Å²) in [5.74, 6) is -1.69. The molecule has 1 aromatic carbocycles. The van der Waals surface area contributed by atoms with Crippen LogP contribution in [0.25, 0.3) is 22.5 Å². The zero-order chi connectivity index (χ0) is 28.3. The maximum atomic E-state index is 15.3. The number of rotatable bonds is 5. The van der Waals surface area contributed by atoms with Crippen molar-refractivity contribution in [3.63, 3.8) is 0 Å². The van der Waals surface area contributed by atoms with Crippen molar-refractivity contribution in [2.45, 2.75) is 37.9 Å². The first-order chi connectivity index (χ1) is 19.0. The monoisotopic (exact) mass is 604 g/mol. The Morgan fingerprint density at radius 1 is 1.26 bits per heavy atom. The largest absolute Gasteiger partial charge is 0.390 e. The number of carbonyl (C=O) groups is 1. The minimum Gasteiger partial charge on any atom is -0.390 e. The van der Waals surface area contributed by atoms with Gasteiger partial charge in [0.2, 0.25) is 5.91 Å². The van der Waals surface area contributed by atoms with Crippen molar-refractivity contribution in [1.82, 2.24) is 40.1 Å². The first kappa shape index (κ1) is 22.4. The Bertz CT molecular complexity index is 1680. The SMILES string of the molecule is [2H]C([2H])(O)c1nccc(-c2nc([C@@H]3CC[C@@H]4CC(c5c(-n6cnnn6)ccc(Cl)c5F)=CC(=O)N43)[nH]c2Br)c1F. The van der Waals surface area contributed by atoms with Crippen molar-refractivity contribution in [2.75, 3.05) is 0 Å². The number of tetrazole rings is 1. The molecule has 1 saturated heterocycles. The number of aromatic nitrogens is 7. The first-order valence-corrected chi connectivity index (χ1v) is 12.6. The summed E-state index contributed by atoms with van der Waals surface area (Å²) in [7, 11) is 0. The number of benzene rings is 1. The van der Waals surface area contributed by atoms with Crippen molar-refractivity contribution in [1.29, 1.82) is 0 Å². The second-order valence-corrected chi connectivity index (χ2v) is 9.99. The number of hydrogen-bond donors (Lipinski definition) is 2. The quantitative estimate of drug-likeness (QED) is 0.350. The lowest BCUT2D eigenvalue weighted by Gasteiger charge is -2.33. The zero-order valence-electron chi connectivity index (χ0n) is 21.2. The lowest BCUT2D eigenvalue weighted by atomic mass is 9.92. The fraction of sp³-hybridized carbons (Fsp3) is 0.250. The summed E-state index contributed by atoms with van der Waals surface area (Å²) >= 11 is 9.44. The number of H-pyrrole nitrogens is 1. The molecular weight excluding hydrogens is 586 g/mol. The first-order valence-electron chi connectivity index (χ1n) is 12.4. The van der Waals surface area contributed by atoms with E-state index in [9.17, 15) is 9.90 Å². The third-order valence-electron chi connectivity index (χ3n) is 6.74. The van der Waals surface area contributed by atoms with Crippen molar-refractivity contribution < 1.29 is 21.4 Å². The van der Waals surface area contributed by atoms with Crippen LogP contribution in [0.1, 0.15) is 45.1 Å². The van der Waals surface area contributed by atoms with Crippen LogP contribution in [-0.2, 0) is 11.4 Å². The number of hydrogen-bond acceptors (Lipinski definition) is 7. The number of pyridine rings is 1. The van der Waals surface area contributed by atoms with Gasteiger partial charge in [0.15, 0.2) is 11.6 Å². The minimum absolute atomic E-state index is 0.0782. The highest BCUT2D eigenvalue weighted by molar-refractivity contribution is 9.10. The summed E-state index contributed by atoms with van der Waals surface area (Å²) in [6.45, 7) is -2.98. The Kier molecular flexibility index (Phi) is 5.69. The molecule has 0 aliphatic carbocycles. The Morgan fingerprint density at radius 3 is 2.87 bits per heavy atom. The zero-order valence-corrected chi connectivity index (χ0v) is 21.6. The van der Waals surface area contributed by atoms with Gasteiger partial charge in [-0.15, -0.1) is 5.10 Å². The average molecular weight is 606 g/mol. The van der Waals surface area contributed by atoms with Crippen LogP contribution < -0.4 is 0 Å². The number of amides is 1. The minimum atomic E-state index is -2.98. The predicted octanol–water partition coefficient (Wildman–Crippen LogP) is 4.15. The van der Waals surface area contributed by atoms with E-state index in [2.05, 4.69) is 46.4 Å². The lowest BCUT2D eigenvalue weighted by molar-refractivity contribution is -0.129. The van der Waals surface area contributed by atoms with Crippen LogP contribution in [0.2, 0.25) is 5.02 Å². The summed E-state index contributed by atoms with van der Waals surface area (Å²) in [5, 5.41) is 20.6. The van der Waals surface area contributed by atoms with Crippen LogP contribution in [-0.4, -0.2) is 57.1 Å². The molecule has 0 radical (unpaired) electrons. The summed E-state index contributed by atoms with van der Waals surface area (Å²) in [4.78, 5) is 26.3. The van der Waals surface area contributed by atoms with Gasteiger partial charge in [-0.05, 0) is 69.4 Å². The number of fused-ring (bicyclic) bond motifs is 1. The van der Waals surface area contributed by atoms with Crippen LogP contribution in [0.3, 0.4) is 0 Å². The summed E-state index contributed by atoms with van der Waals surface area (Å²) in [5.41, 5.74) is 0.248. The van der Waals surface area contributed by atoms with E-state index in [0.29, 0.717) is 41.0 Å². The molecule has 1 amide bonds. The van der Waals surface area contributed by atoms with Crippen LogP contribution in [0.5, 0.6) is 0 Å². The summed E-state index contributed by atoms with van der Waals surface area (Å²) in [6.07, 6.45) is 5.35. The van der Waals surface area contributed by atoms with Gasteiger partial charge >= 0.3 is 0 Å². The normalized spacial score (nSPS) is 20.3. The van der Waals surface area contributed by atoms with Crippen molar-refractivity contribution >= 4 is 39.0 Å². The molecule has 0 spiro atoms. The molecule has 38 heavy (non-hydrogen) atoms. The van der Waals surface area contributed by atoms with Crippen LogP contribution in [0, 0.1) is 11.6 Å². The number of aliphatic hydroxyl groups is 1. The van der Waals surface area contributed by atoms with Crippen LogP contribution >= 0.6 is 27.5 Å². The van der Waals surface area contributed by atoms with E-state index in [4.69, 9.17) is 14.3 Å². The second kappa shape index (κ2) is 9.64. The molecule has 194 valence electrons. The number of nitrogens with one attached hydrogen (secondary N) is 1. The van der Waals surface area contributed by atoms with E-state index in [1.807, 2.05) is 0 Å². The van der Waals surface area contributed by atoms with Gasteiger partial charge in [-0.2, -0.15) is 4.68 Å². The number of aromatic amines is 1. The highest BCUT2D eigenvalue weighted by Gasteiger charge is 2.42. The van der Waals surface area contributed by atoms with E-state index in [0.717, 1.165) is 0 Å². The number of nitrogens with zero attached hydrogens (tertiary/aromatic N) is 7. The van der Waals surface area contributed by atoms with Gasteiger partial charge in [0.25, 0.3) is 0 Å². The molecule has 5 heterocycles. The summed E-state index contributed by atoms with van der Waals surface area (Å²) < 4.78 is 46.9. The van der Waals surface area contributed by atoms with Crippen LogP contribution in [0.4, 0.5) is 8.78 Å². The van der Waals surface area contributed by atoms with Crippen molar-refractivity contribution in [3.8, 4) is 16.9 Å². The van der Waals surface area contributed by atoms with Gasteiger partial charge in [-0.1, -0.05) is 11.6 Å². The standard InChI is InChI=1S/C24H18BrClF2N8O2/c25-23-22(13-5-6-29-15(9-37)20(13)27)31-24(32-23)17-3-1-12-7-11(8-18(38)36(12)17)19-16(35-10-30-33-34-35)4-2-14(26)21(19)28/h2,4-6,8,10,12,17,37H,1,3,7,9H2,(H,31,32)/t12-,17+/m1/s1/i9D2. The molecule has 3 aromatic heterocycles. The van der Waals surface area contributed by atoms with Crippen LogP contribution in [0.15, 0.2) is 41.4 Å².